The molecule has 0 bridgehead atoms. The van der Waals surface area contributed by atoms with Gasteiger partial charge in [-0.15, -0.1) is 0 Å². The molecule has 1 aromatic heterocycles. The Hall–Kier alpha value is -2.80. The average molecular weight is 281 g/mol. The van der Waals surface area contributed by atoms with Gasteiger partial charge in [0, 0.05) is 21.7 Å². The molecule has 22 heavy (non-hydrogen) atoms. The summed E-state index contributed by atoms with van der Waals surface area (Å²) in [5.41, 5.74) is 3.79. The molecule has 1 nitrogen and oxygen atoms in total. The lowest BCUT2D eigenvalue weighted by atomic mass is 9.97. The highest BCUT2D eigenvalue weighted by molar-refractivity contribution is 6.31. The van der Waals surface area contributed by atoms with Gasteiger partial charge in [0.05, 0.1) is 5.52 Å². The van der Waals surface area contributed by atoms with Crippen molar-refractivity contribution in [2.24, 2.45) is 0 Å². The third kappa shape index (κ3) is 1.38. The van der Waals surface area contributed by atoms with Crippen LogP contribution in [0.25, 0.3) is 43.4 Å². The smallest absolute Gasteiger partial charge is 0.0551 e. The normalized spacial score (nSPS) is 11.9. The third-order valence-corrected chi connectivity index (χ3v) is 4.73. The van der Waals surface area contributed by atoms with Gasteiger partial charge in [0.15, 0.2) is 0 Å². The van der Waals surface area contributed by atoms with Crippen LogP contribution >= 0.6 is 0 Å². The summed E-state index contributed by atoms with van der Waals surface area (Å²) in [7, 11) is 0. The topological polar surface area (TPSA) is 15.8 Å². The minimum atomic E-state index is 1.25. The molecule has 0 aliphatic carbocycles. The molecule has 0 unspecified atom stereocenters. The van der Waals surface area contributed by atoms with E-state index in [1.165, 1.54) is 48.9 Å². The number of aromatic nitrogens is 1. The first-order chi connectivity index (χ1) is 10.8. The summed E-state index contributed by atoms with van der Waals surface area (Å²) in [4.78, 5) is 3.68. The lowest BCUT2D eigenvalue weighted by molar-refractivity contribution is 1.46. The second kappa shape index (κ2) is 4.11. The van der Waals surface area contributed by atoms with Gasteiger partial charge in [-0.2, -0.15) is 0 Å². The number of para-hydroxylation sites is 1. The van der Waals surface area contributed by atoms with E-state index in [1.807, 2.05) is 0 Å². The highest BCUT2D eigenvalue weighted by Gasteiger charge is 2.13. The third-order valence-electron chi connectivity index (χ3n) is 4.73. The van der Waals surface area contributed by atoms with Gasteiger partial charge in [0.25, 0.3) is 0 Å². The molecule has 0 radical (unpaired) electrons. The molecule has 0 saturated heterocycles. The van der Waals surface area contributed by atoms with Gasteiger partial charge in [0.1, 0.15) is 0 Å². The van der Waals surface area contributed by atoms with Gasteiger partial charge in [-0.1, -0.05) is 66.7 Å². The van der Waals surface area contributed by atoms with Crippen LogP contribution in [0.5, 0.6) is 0 Å². The van der Waals surface area contributed by atoms with Crippen LogP contribution in [0.1, 0.15) is 5.56 Å². The van der Waals surface area contributed by atoms with Crippen LogP contribution in [0.4, 0.5) is 0 Å². The molecular formula is C21H15N. The summed E-state index contributed by atoms with van der Waals surface area (Å²) in [6.45, 7) is 2.17. The fourth-order valence-corrected chi connectivity index (χ4v) is 3.72. The van der Waals surface area contributed by atoms with Crippen LogP contribution in [-0.4, -0.2) is 4.98 Å². The van der Waals surface area contributed by atoms with E-state index < -0.39 is 0 Å². The van der Waals surface area contributed by atoms with E-state index >= 15 is 0 Å². The number of benzene rings is 4. The molecule has 5 aromatic rings. The average Bonchev–Trinajstić information content (AvgIpc) is 2.97. The number of aryl methyl sites for hydroxylation is 1. The van der Waals surface area contributed by atoms with Crippen molar-refractivity contribution >= 4 is 43.4 Å². The lowest BCUT2D eigenvalue weighted by Gasteiger charge is -2.06. The van der Waals surface area contributed by atoms with E-state index in [-0.39, 0.29) is 0 Å². The van der Waals surface area contributed by atoms with Crippen molar-refractivity contribution in [1.82, 2.24) is 4.98 Å². The summed E-state index contributed by atoms with van der Waals surface area (Å²) >= 11 is 0. The minimum absolute atomic E-state index is 1.25. The van der Waals surface area contributed by atoms with E-state index in [4.69, 9.17) is 0 Å². The highest BCUT2D eigenvalue weighted by Crippen LogP contribution is 2.39. The SMILES string of the molecule is Cc1cccc2c1[nH]c1c3ccccc3c3ccccc3c21. The molecule has 0 atom stereocenters. The summed E-state index contributed by atoms with van der Waals surface area (Å²) < 4.78 is 0. The molecule has 4 aromatic carbocycles. The molecule has 0 saturated carbocycles. The summed E-state index contributed by atoms with van der Waals surface area (Å²) in [5, 5.41) is 7.92. The van der Waals surface area contributed by atoms with E-state index in [9.17, 15) is 0 Å². The maximum atomic E-state index is 3.68. The second-order valence-electron chi connectivity index (χ2n) is 5.96. The molecule has 1 heterocycles. The number of H-pyrrole nitrogens is 1. The lowest BCUT2D eigenvalue weighted by Crippen LogP contribution is -1.80. The first-order valence-corrected chi connectivity index (χ1v) is 7.65. The molecule has 5 rings (SSSR count). The van der Waals surface area contributed by atoms with Crippen molar-refractivity contribution < 1.29 is 0 Å². The monoisotopic (exact) mass is 281 g/mol. The minimum Gasteiger partial charge on any atom is -0.354 e. The second-order valence-corrected chi connectivity index (χ2v) is 5.96. The summed E-state index contributed by atoms with van der Waals surface area (Å²) in [6.07, 6.45) is 0. The first kappa shape index (κ1) is 11.8. The molecule has 0 fully saturated rings. The number of fused-ring (bicyclic) bond motifs is 8. The van der Waals surface area contributed by atoms with Crippen LogP contribution in [0, 0.1) is 6.92 Å². The Bertz CT molecular complexity index is 1180. The fraction of sp³-hybridized carbons (Fsp3) is 0.0476. The van der Waals surface area contributed by atoms with Gasteiger partial charge < -0.3 is 4.98 Å². The number of hydrogen-bond acceptors (Lipinski definition) is 0. The molecule has 1 heteroatoms. The number of aromatic amines is 1. The molecule has 104 valence electrons. The van der Waals surface area contributed by atoms with Gasteiger partial charge in [-0.3, -0.25) is 0 Å². The predicted molar refractivity (Wildman–Crippen MR) is 95.6 cm³/mol. The van der Waals surface area contributed by atoms with E-state index in [1.54, 1.807) is 0 Å². The Labute approximate surface area is 128 Å². The Balaban J connectivity index is 2.24. The van der Waals surface area contributed by atoms with E-state index in [2.05, 4.69) is 78.6 Å². The van der Waals surface area contributed by atoms with Gasteiger partial charge in [-0.05, 0) is 28.6 Å². The van der Waals surface area contributed by atoms with Gasteiger partial charge in [0.2, 0.25) is 0 Å². The van der Waals surface area contributed by atoms with Crippen LogP contribution in [0.2, 0.25) is 0 Å². The van der Waals surface area contributed by atoms with Crippen LogP contribution < -0.4 is 0 Å². The van der Waals surface area contributed by atoms with E-state index in [0.717, 1.165) is 0 Å². The Kier molecular flexibility index (Phi) is 2.21. The van der Waals surface area contributed by atoms with Gasteiger partial charge >= 0.3 is 0 Å². The highest BCUT2D eigenvalue weighted by atomic mass is 14.7. The van der Waals surface area contributed by atoms with Crippen molar-refractivity contribution in [3.05, 3.63) is 72.3 Å². The first-order valence-electron chi connectivity index (χ1n) is 7.65. The molecule has 0 aliphatic heterocycles. The van der Waals surface area contributed by atoms with Crippen LogP contribution in [-0.2, 0) is 0 Å². The summed E-state index contributed by atoms with van der Waals surface area (Å²) in [5.74, 6) is 0. The van der Waals surface area contributed by atoms with Crippen molar-refractivity contribution in [3.63, 3.8) is 0 Å². The van der Waals surface area contributed by atoms with Crippen molar-refractivity contribution in [1.29, 1.82) is 0 Å². The van der Waals surface area contributed by atoms with Crippen LogP contribution in [0.3, 0.4) is 0 Å². The van der Waals surface area contributed by atoms with Crippen molar-refractivity contribution in [2.45, 2.75) is 6.92 Å². The maximum absolute atomic E-state index is 3.68. The van der Waals surface area contributed by atoms with Crippen LogP contribution in [0.15, 0.2) is 66.7 Å². The molecule has 0 spiro atoms. The maximum Gasteiger partial charge on any atom is 0.0551 e. The quantitative estimate of drug-likeness (QED) is 0.338. The zero-order valence-electron chi connectivity index (χ0n) is 12.4. The Morgan fingerprint density at radius 1 is 0.545 bits per heavy atom. The standard InChI is InChI=1S/C21H15N/c1-13-7-6-12-18-19-16-10-4-2-8-14(16)15-9-3-5-11-17(15)21(19)22-20(13)18/h2-12,22H,1H3. The summed E-state index contributed by atoms with van der Waals surface area (Å²) in [6, 6.07) is 23.9. The Morgan fingerprint density at radius 2 is 1.14 bits per heavy atom. The van der Waals surface area contributed by atoms with E-state index in [0.29, 0.717) is 0 Å². The molecular weight excluding hydrogens is 266 g/mol. The number of hydrogen-bond donors (Lipinski definition) is 1. The predicted octanol–water partition coefficient (Wildman–Crippen LogP) is 5.94. The number of rotatable bonds is 0. The molecule has 0 amide bonds. The zero-order valence-corrected chi connectivity index (χ0v) is 12.4. The number of nitrogens with one attached hydrogen (secondary N) is 1. The largest absolute Gasteiger partial charge is 0.354 e. The molecule has 0 aliphatic rings. The fourth-order valence-electron chi connectivity index (χ4n) is 3.72. The van der Waals surface area contributed by atoms with Crippen molar-refractivity contribution in [2.75, 3.05) is 0 Å². The van der Waals surface area contributed by atoms with Gasteiger partial charge in [-0.25, -0.2) is 0 Å². The van der Waals surface area contributed by atoms with Crippen molar-refractivity contribution in [3.8, 4) is 0 Å². The molecule has 1 N–H and O–H groups in total. The zero-order chi connectivity index (χ0) is 14.7. The Morgan fingerprint density at radius 3 is 1.91 bits per heavy atom.